The maximum atomic E-state index is 12.0. The molecule has 6 nitrogen and oxygen atoms in total. The number of anilines is 1. The summed E-state index contributed by atoms with van der Waals surface area (Å²) < 4.78 is 10.8. The van der Waals surface area contributed by atoms with Gasteiger partial charge >= 0.3 is 6.03 Å². The van der Waals surface area contributed by atoms with E-state index in [2.05, 4.69) is 15.6 Å². The first-order valence-electron chi connectivity index (χ1n) is 8.51. The molecule has 0 atom stereocenters. The fraction of sp³-hybridized carbons (Fsp3) is 0.143. The Labute approximate surface area is 158 Å². The minimum atomic E-state index is -0.306. The normalized spacial score (nSPS) is 10.1. The second-order valence-electron chi connectivity index (χ2n) is 5.96. The van der Waals surface area contributed by atoms with E-state index in [1.807, 2.05) is 55.5 Å². The summed E-state index contributed by atoms with van der Waals surface area (Å²) >= 11 is 0. The van der Waals surface area contributed by atoms with E-state index >= 15 is 0 Å². The molecule has 0 aliphatic rings. The Bertz CT molecular complexity index is 876. The predicted octanol–water partition coefficient (Wildman–Crippen LogP) is 4.51. The second-order valence-corrected chi connectivity index (χ2v) is 5.96. The van der Waals surface area contributed by atoms with E-state index in [1.54, 1.807) is 25.4 Å². The van der Waals surface area contributed by atoms with Gasteiger partial charge in [-0.25, -0.2) is 9.78 Å². The quantitative estimate of drug-likeness (QED) is 0.676. The van der Waals surface area contributed by atoms with Gasteiger partial charge in [0.2, 0.25) is 5.88 Å². The molecule has 0 fully saturated rings. The molecular formula is C21H21N3O3. The zero-order valence-corrected chi connectivity index (χ0v) is 15.2. The highest BCUT2D eigenvalue weighted by atomic mass is 16.5. The zero-order valence-electron chi connectivity index (χ0n) is 15.2. The van der Waals surface area contributed by atoms with Gasteiger partial charge in [0.15, 0.2) is 0 Å². The first kappa shape index (κ1) is 18.3. The number of carbonyl (C=O) groups excluding carboxylic acids is 1. The lowest BCUT2D eigenvalue weighted by Crippen LogP contribution is -2.28. The van der Waals surface area contributed by atoms with Crippen molar-refractivity contribution >= 4 is 11.7 Å². The fourth-order valence-electron chi connectivity index (χ4n) is 2.34. The van der Waals surface area contributed by atoms with Crippen LogP contribution in [-0.4, -0.2) is 18.1 Å². The maximum Gasteiger partial charge on any atom is 0.319 e. The van der Waals surface area contributed by atoms with Crippen molar-refractivity contribution in [1.29, 1.82) is 0 Å². The lowest BCUT2D eigenvalue weighted by Gasteiger charge is -2.09. The largest absolute Gasteiger partial charge is 0.497 e. The molecule has 0 aliphatic carbocycles. The fourth-order valence-corrected chi connectivity index (χ4v) is 2.34. The first-order chi connectivity index (χ1) is 13.1. The van der Waals surface area contributed by atoms with Crippen molar-refractivity contribution in [3.05, 3.63) is 78.0 Å². The third-order valence-corrected chi connectivity index (χ3v) is 3.85. The van der Waals surface area contributed by atoms with Crippen molar-refractivity contribution in [2.45, 2.75) is 13.5 Å². The number of hydrogen-bond donors (Lipinski definition) is 2. The van der Waals surface area contributed by atoms with Gasteiger partial charge in [0.05, 0.1) is 19.0 Å². The van der Waals surface area contributed by atoms with Crippen molar-refractivity contribution in [3.8, 4) is 17.4 Å². The molecule has 0 unspecified atom stereocenters. The van der Waals surface area contributed by atoms with E-state index in [9.17, 15) is 4.79 Å². The molecule has 27 heavy (non-hydrogen) atoms. The smallest absolute Gasteiger partial charge is 0.319 e. The molecule has 1 aromatic heterocycles. The average molecular weight is 363 g/mol. The molecule has 2 amide bonds. The van der Waals surface area contributed by atoms with Crippen LogP contribution in [0.1, 0.15) is 11.1 Å². The van der Waals surface area contributed by atoms with E-state index in [1.165, 1.54) is 0 Å². The monoisotopic (exact) mass is 363 g/mol. The third kappa shape index (κ3) is 5.47. The van der Waals surface area contributed by atoms with Crippen molar-refractivity contribution in [3.63, 3.8) is 0 Å². The van der Waals surface area contributed by atoms with Crippen LogP contribution in [0.3, 0.4) is 0 Å². The molecular weight excluding hydrogens is 342 g/mol. The lowest BCUT2D eigenvalue weighted by atomic mass is 10.2. The molecule has 0 radical (unpaired) electrons. The molecule has 6 heteroatoms. The van der Waals surface area contributed by atoms with Gasteiger partial charge in [0, 0.05) is 12.6 Å². The summed E-state index contributed by atoms with van der Waals surface area (Å²) in [6.45, 7) is 2.43. The van der Waals surface area contributed by atoms with E-state index < -0.39 is 0 Å². The SMILES string of the molecule is COc1ccc(CNC(=O)Nc2ccc(Oc3ccc(C)cc3)nc2)cc1. The molecule has 2 N–H and O–H groups in total. The van der Waals surface area contributed by atoms with Gasteiger partial charge in [0.1, 0.15) is 11.5 Å². The standard InChI is InChI=1S/C21H21N3O3/c1-15-3-8-19(9-4-15)27-20-12-7-17(14-22-20)24-21(25)23-13-16-5-10-18(26-2)11-6-16/h3-12,14H,13H2,1-2H3,(H2,23,24,25). The highest BCUT2D eigenvalue weighted by Gasteiger charge is 2.04. The van der Waals surface area contributed by atoms with Crippen molar-refractivity contribution in [2.24, 2.45) is 0 Å². The molecule has 0 bridgehead atoms. The number of nitrogens with zero attached hydrogens (tertiary/aromatic N) is 1. The number of carbonyl (C=O) groups is 1. The van der Waals surface area contributed by atoms with Crippen LogP contribution in [0, 0.1) is 6.92 Å². The number of aryl methyl sites for hydroxylation is 1. The summed E-state index contributed by atoms with van der Waals surface area (Å²) in [5, 5.41) is 5.54. The Kier molecular flexibility index (Phi) is 5.89. The maximum absolute atomic E-state index is 12.0. The van der Waals surface area contributed by atoms with Crippen LogP contribution in [0.15, 0.2) is 66.9 Å². The van der Waals surface area contributed by atoms with E-state index in [0.717, 1.165) is 16.9 Å². The number of methoxy groups -OCH3 is 1. The molecule has 0 aliphatic heterocycles. The summed E-state index contributed by atoms with van der Waals surface area (Å²) in [6.07, 6.45) is 1.55. The Balaban J connectivity index is 1.49. The number of benzene rings is 2. The summed E-state index contributed by atoms with van der Waals surface area (Å²) in [4.78, 5) is 16.2. The molecule has 1 heterocycles. The van der Waals surface area contributed by atoms with E-state index in [4.69, 9.17) is 9.47 Å². The number of aromatic nitrogens is 1. The van der Waals surface area contributed by atoms with E-state index in [-0.39, 0.29) is 6.03 Å². The van der Waals surface area contributed by atoms with Gasteiger partial charge < -0.3 is 20.1 Å². The van der Waals surface area contributed by atoms with Crippen LogP contribution in [0.5, 0.6) is 17.4 Å². The zero-order chi connectivity index (χ0) is 19.1. The minimum absolute atomic E-state index is 0.306. The van der Waals surface area contributed by atoms with Crippen LogP contribution >= 0.6 is 0 Å². The molecule has 138 valence electrons. The predicted molar refractivity (Wildman–Crippen MR) is 104 cm³/mol. The minimum Gasteiger partial charge on any atom is -0.497 e. The lowest BCUT2D eigenvalue weighted by molar-refractivity contribution is 0.251. The van der Waals surface area contributed by atoms with Crippen LogP contribution in [0.25, 0.3) is 0 Å². The van der Waals surface area contributed by atoms with Crippen LogP contribution in [0.2, 0.25) is 0 Å². The molecule has 3 rings (SSSR count). The van der Waals surface area contributed by atoms with Crippen LogP contribution < -0.4 is 20.1 Å². The van der Waals surface area contributed by atoms with Crippen molar-refractivity contribution < 1.29 is 14.3 Å². The number of ether oxygens (including phenoxy) is 2. The van der Waals surface area contributed by atoms with Gasteiger partial charge in [-0.05, 0) is 42.8 Å². The summed E-state index contributed by atoms with van der Waals surface area (Å²) in [5.41, 5.74) is 2.72. The molecule has 0 saturated carbocycles. The molecule has 2 aromatic carbocycles. The second kappa shape index (κ2) is 8.71. The number of pyridine rings is 1. The molecule has 0 saturated heterocycles. The van der Waals surface area contributed by atoms with Crippen molar-refractivity contribution in [1.82, 2.24) is 10.3 Å². The third-order valence-electron chi connectivity index (χ3n) is 3.85. The number of urea groups is 1. The number of nitrogens with one attached hydrogen (secondary N) is 2. The first-order valence-corrected chi connectivity index (χ1v) is 8.51. The van der Waals surface area contributed by atoms with Gasteiger partial charge in [-0.15, -0.1) is 0 Å². The Morgan fingerprint density at radius 3 is 2.30 bits per heavy atom. The number of hydrogen-bond acceptors (Lipinski definition) is 4. The van der Waals surface area contributed by atoms with Gasteiger partial charge in [-0.1, -0.05) is 29.8 Å². The van der Waals surface area contributed by atoms with Crippen molar-refractivity contribution in [2.75, 3.05) is 12.4 Å². The van der Waals surface area contributed by atoms with Gasteiger partial charge in [-0.3, -0.25) is 0 Å². The summed E-state index contributed by atoms with van der Waals surface area (Å²) in [6, 6.07) is 18.4. The molecule has 3 aromatic rings. The Morgan fingerprint density at radius 2 is 1.67 bits per heavy atom. The Hall–Kier alpha value is -3.54. The van der Waals surface area contributed by atoms with Crippen LogP contribution in [0.4, 0.5) is 10.5 Å². The highest BCUT2D eigenvalue weighted by Crippen LogP contribution is 2.20. The molecule has 0 spiro atoms. The number of rotatable bonds is 6. The number of amides is 2. The highest BCUT2D eigenvalue weighted by molar-refractivity contribution is 5.88. The Morgan fingerprint density at radius 1 is 0.963 bits per heavy atom. The summed E-state index contributed by atoms with van der Waals surface area (Å²) in [5.74, 6) is 1.95. The topological polar surface area (TPSA) is 72.5 Å². The van der Waals surface area contributed by atoms with Gasteiger partial charge in [-0.2, -0.15) is 0 Å². The average Bonchev–Trinajstić information content (AvgIpc) is 2.70. The summed E-state index contributed by atoms with van der Waals surface area (Å²) in [7, 11) is 1.62. The van der Waals surface area contributed by atoms with E-state index in [0.29, 0.717) is 23.9 Å². The van der Waals surface area contributed by atoms with Crippen LogP contribution in [-0.2, 0) is 6.54 Å². The van der Waals surface area contributed by atoms with Gasteiger partial charge in [0.25, 0.3) is 0 Å².